The van der Waals surface area contributed by atoms with Crippen LogP contribution in [0.25, 0.3) is 56.0 Å². The highest BCUT2D eigenvalue weighted by molar-refractivity contribution is 5.96. The zero-order valence-electron chi connectivity index (χ0n) is 21.6. The van der Waals surface area contributed by atoms with E-state index < -0.39 is 5.82 Å². The fourth-order valence-corrected chi connectivity index (χ4v) is 4.32. The lowest BCUT2D eigenvalue weighted by atomic mass is 10.1. The van der Waals surface area contributed by atoms with Crippen molar-refractivity contribution >= 4 is 22.1 Å². The number of aromatic amines is 2. The van der Waals surface area contributed by atoms with Crippen molar-refractivity contribution in [1.29, 1.82) is 0 Å². The van der Waals surface area contributed by atoms with Gasteiger partial charge in [-0.15, -0.1) is 0 Å². The molecule has 5 heterocycles. The molecule has 0 aliphatic carbocycles. The third-order valence-corrected chi connectivity index (χ3v) is 6.28. The fourth-order valence-electron chi connectivity index (χ4n) is 4.32. The van der Waals surface area contributed by atoms with Gasteiger partial charge in [-0.1, -0.05) is 0 Å². The van der Waals surface area contributed by atoms with Gasteiger partial charge in [-0.25, -0.2) is 14.4 Å². The summed E-state index contributed by atoms with van der Waals surface area (Å²) >= 11 is 0. The third-order valence-electron chi connectivity index (χ3n) is 6.28. The Morgan fingerprint density at radius 2 is 1.79 bits per heavy atom. The Balaban J connectivity index is 1.40. The van der Waals surface area contributed by atoms with Crippen LogP contribution < -0.4 is 9.47 Å². The van der Waals surface area contributed by atoms with E-state index in [9.17, 15) is 4.39 Å². The lowest BCUT2D eigenvalue weighted by Gasteiger charge is -2.12. The number of aromatic nitrogens is 7. The molecule has 0 aliphatic rings. The van der Waals surface area contributed by atoms with Crippen molar-refractivity contribution in [3.8, 4) is 45.4 Å². The first-order valence-corrected chi connectivity index (χ1v) is 12.3. The molecular weight excluding hydrogens is 499 g/mol. The van der Waals surface area contributed by atoms with Crippen LogP contribution in [0.3, 0.4) is 0 Å². The minimum atomic E-state index is -0.410. The van der Waals surface area contributed by atoms with E-state index in [0.717, 1.165) is 22.0 Å². The first-order valence-electron chi connectivity index (χ1n) is 12.3. The van der Waals surface area contributed by atoms with E-state index in [1.165, 1.54) is 12.1 Å². The summed E-state index contributed by atoms with van der Waals surface area (Å²) in [5.74, 6) is 1.24. The van der Waals surface area contributed by atoms with E-state index in [2.05, 4.69) is 30.1 Å². The molecule has 10 nitrogen and oxygen atoms in total. The van der Waals surface area contributed by atoms with Crippen molar-refractivity contribution in [1.82, 2.24) is 40.0 Å². The molecule has 6 aromatic rings. The average Bonchev–Trinajstić information content (AvgIpc) is 3.56. The molecule has 0 bridgehead atoms. The van der Waals surface area contributed by atoms with Crippen LogP contribution >= 0.6 is 0 Å². The lowest BCUT2D eigenvalue weighted by molar-refractivity contribution is 0.260. The number of halogens is 1. The molecule has 39 heavy (non-hydrogen) atoms. The molecule has 5 aromatic heterocycles. The number of nitrogens with zero attached hydrogens (tertiary/aromatic N) is 6. The summed E-state index contributed by atoms with van der Waals surface area (Å²) in [5.41, 5.74) is 5.40. The van der Waals surface area contributed by atoms with Crippen LogP contribution in [0.2, 0.25) is 0 Å². The summed E-state index contributed by atoms with van der Waals surface area (Å²) < 4.78 is 25.6. The predicted octanol–water partition coefficient (Wildman–Crippen LogP) is 4.71. The normalized spacial score (nSPS) is 11.5. The van der Waals surface area contributed by atoms with Crippen molar-refractivity contribution < 1.29 is 13.9 Å². The number of pyridine rings is 3. The number of H-pyrrole nitrogens is 2. The molecule has 0 fully saturated rings. The summed E-state index contributed by atoms with van der Waals surface area (Å²) in [4.78, 5) is 23.5. The van der Waals surface area contributed by atoms with E-state index in [1.807, 2.05) is 37.2 Å². The van der Waals surface area contributed by atoms with Gasteiger partial charge in [-0.05, 0) is 44.4 Å². The monoisotopic (exact) mass is 524 g/mol. The molecule has 1 aromatic carbocycles. The number of fused-ring (bicyclic) bond motifs is 2. The molecular formula is C28H25FN8O2. The molecule has 0 radical (unpaired) electrons. The second-order valence-electron chi connectivity index (χ2n) is 9.28. The van der Waals surface area contributed by atoms with E-state index in [-0.39, 0.29) is 0 Å². The van der Waals surface area contributed by atoms with Crippen LogP contribution in [0.15, 0.2) is 61.2 Å². The molecule has 0 unspecified atom stereocenters. The SMILES string of the molecule is COc1cncc(-c2cnc3n[nH]c(-c4nc5c(-c6cc(F)cc(OCCN(C)C)c6)nccc5[nH]4)c3c2)c1. The largest absolute Gasteiger partial charge is 0.495 e. The van der Waals surface area contributed by atoms with Crippen LogP contribution in [0, 0.1) is 5.82 Å². The van der Waals surface area contributed by atoms with Gasteiger partial charge >= 0.3 is 0 Å². The Hall–Kier alpha value is -4.90. The first kappa shape index (κ1) is 24.4. The molecule has 0 aliphatic heterocycles. The summed E-state index contributed by atoms with van der Waals surface area (Å²) in [6.07, 6.45) is 6.81. The predicted molar refractivity (Wildman–Crippen MR) is 146 cm³/mol. The molecule has 2 N–H and O–H groups in total. The third kappa shape index (κ3) is 4.87. The van der Waals surface area contributed by atoms with Crippen LogP contribution in [0.1, 0.15) is 0 Å². The molecule has 196 valence electrons. The number of imidazole rings is 1. The first-order chi connectivity index (χ1) is 19.0. The van der Waals surface area contributed by atoms with E-state index in [0.29, 0.717) is 58.6 Å². The summed E-state index contributed by atoms with van der Waals surface area (Å²) in [6, 6.07) is 10.3. The number of rotatable bonds is 8. The Morgan fingerprint density at radius 1 is 0.949 bits per heavy atom. The molecule has 6 rings (SSSR count). The Kier molecular flexibility index (Phi) is 6.33. The maximum atomic E-state index is 14.5. The Morgan fingerprint density at radius 3 is 2.64 bits per heavy atom. The van der Waals surface area contributed by atoms with Crippen molar-refractivity contribution in [2.75, 3.05) is 34.4 Å². The zero-order valence-corrected chi connectivity index (χ0v) is 21.6. The smallest absolute Gasteiger partial charge is 0.181 e. The highest BCUT2D eigenvalue weighted by atomic mass is 19.1. The molecule has 0 amide bonds. The summed E-state index contributed by atoms with van der Waals surface area (Å²) in [6.45, 7) is 1.15. The fraction of sp³-hybridized carbons (Fsp3) is 0.179. The standard InChI is InChI=1S/C28H25FN8O2/c1-37(2)6-7-39-20-9-16(8-19(29)12-20)24-26-23(4-5-31-24)33-28(34-26)25-22-11-18(14-32-27(22)36-35-25)17-10-21(38-3)15-30-13-17/h4-5,8-15H,6-7H2,1-3H3,(H,33,34)(H,32,35,36). The maximum absolute atomic E-state index is 14.5. The number of benzene rings is 1. The quantitative estimate of drug-likeness (QED) is 0.294. The van der Waals surface area contributed by atoms with E-state index >= 15 is 0 Å². The highest BCUT2D eigenvalue weighted by Gasteiger charge is 2.18. The minimum Gasteiger partial charge on any atom is -0.495 e. The lowest BCUT2D eigenvalue weighted by Crippen LogP contribution is -2.19. The molecule has 0 spiro atoms. The van der Waals surface area contributed by atoms with Gasteiger partial charge in [0.2, 0.25) is 0 Å². The molecule has 0 saturated heterocycles. The Labute approximate surface area is 222 Å². The van der Waals surface area contributed by atoms with Gasteiger partial charge in [0.25, 0.3) is 0 Å². The van der Waals surface area contributed by atoms with Crippen molar-refractivity contribution in [2.45, 2.75) is 0 Å². The Bertz CT molecular complexity index is 1800. The van der Waals surface area contributed by atoms with Crippen LogP contribution in [-0.4, -0.2) is 74.4 Å². The van der Waals surface area contributed by atoms with Gasteiger partial charge in [0.15, 0.2) is 11.5 Å². The van der Waals surface area contributed by atoms with Gasteiger partial charge in [0.05, 0.1) is 29.9 Å². The van der Waals surface area contributed by atoms with Crippen molar-refractivity contribution in [2.24, 2.45) is 0 Å². The second kappa shape index (κ2) is 10.1. The molecule has 0 saturated carbocycles. The number of likely N-dealkylation sites (N-methyl/N-ethyl adjacent to an activating group) is 1. The number of ether oxygens (including phenoxy) is 2. The van der Waals surface area contributed by atoms with E-state index in [1.54, 1.807) is 38.0 Å². The maximum Gasteiger partial charge on any atom is 0.181 e. The van der Waals surface area contributed by atoms with E-state index in [4.69, 9.17) is 14.5 Å². The highest BCUT2D eigenvalue weighted by Crippen LogP contribution is 2.33. The second-order valence-corrected chi connectivity index (χ2v) is 9.28. The van der Waals surface area contributed by atoms with Crippen molar-refractivity contribution in [3.63, 3.8) is 0 Å². The zero-order chi connectivity index (χ0) is 26.9. The van der Waals surface area contributed by atoms with Gasteiger partial charge in [-0.2, -0.15) is 5.10 Å². The number of hydrogen-bond donors (Lipinski definition) is 2. The van der Waals surface area contributed by atoms with Gasteiger partial charge < -0.3 is 19.4 Å². The van der Waals surface area contributed by atoms with Gasteiger partial charge in [-0.3, -0.25) is 15.1 Å². The number of methoxy groups -OCH3 is 1. The topological polar surface area (TPSA) is 118 Å². The van der Waals surface area contributed by atoms with Crippen LogP contribution in [0.5, 0.6) is 11.5 Å². The van der Waals surface area contributed by atoms with Crippen LogP contribution in [-0.2, 0) is 0 Å². The average molecular weight is 525 g/mol. The number of nitrogens with one attached hydrogen (secondary N) is 2. The molecule has 0 atom stereocenters. The van der Waals surface area contributed by atoms with Crippen LogP contribution in [0.4, 0.5) is 4.39 Å². The molecule has 11 heteroatoms. The van der Waals surface area contributed by atoms with Gasteiger partial charge in [0.1, 0.15) is 35.1 Å². The summed E-state index contributed by atoms with van der Waals surface area (Å²) in [7, 11) is 5.51. The van der Waals surface area contributed by atoms with Gasteiger partial charge in [0, 0.05) is 47.9 Å². The summed E-state index contributed by atoms with van der Waals surface area (Å²) in [5, 5.41) is 8.19. The van der Waals surface area contributed by atoms with Crippen molar-refractivity contribution in [3.05, 3.63) is 67.0 Å². The number of hydrogen-bond acceptors (Lipinski definition) is 8. The minimum absolute atomic E-state index is 0.410.